The second kappa shape index (κ2) is 6.45. The average molecular weight is 309 g/mol. The highest BCUT2D eigenvalue weighted by molar-refractivity contribution is 5.96. The molecule has 2 aromatic rings. The van der Waals surface area contributed by atoms with Gasteiger partial charge >= 0.3 is 0 Å². The van der Waals surface area contributed by atoms with E-state index in [1.54, 1.807) is 0 Å². The van der Waals surface area contributed by atoms with Crippen LogP contribution in [0.3, 0.4) is 0 Å². The molecule has 1 amide bonds. The second-order valence-corrected chi connectivity index (χ2v) is 6.16. The molecule has 0 spiro atoms. The molecule has 23 heavy (non-hydrogen) atoms. The van der Waals surface area contributed by atoms with Gasteiger partial charge in [-0.15, -0.1) is 0 Å². The van der Waals surface area contributed by atoms with E-state index in [4.69, 9.17) is 4.74 Å². The lowest BCUT2D eigenvalue weighted by Gasteiger charge is -2.29. The van der Waals surface area contributed by atoms with Crippen LogP contribution >= 0.6 is 0 Å². The van der Waals surface area contributed by atoms with Crippen molar-refractivity contribution in [1.82, 2.24) is 0 Å². The Morgan fingerprint density at radius 2 is 1.91 bits per heavy atom. The largest absolute Gasteiger partial charge is 0.493 e. The first-order chi connectivity index (χ1) is 11.1. The number of carbonyl (C=O) groups excluding carboxylic acids is 1. The number of hydrogen-bond acceptors (Lipinski definition) is 2. The molecular formula is C20H23NO2. The van der Waals surface area contributed by atoms with Crippen LogP contribution in [0.2, 0.25) is 0 Å². The van der Waals surface area contributed by atoms with E-state index in [0.29, 0.717) is 13.0 Å². The maximum atomic E-state index is 12.2. The van der Waals surface area contributed by atoms with Crippen LogP contribution in [0, 0.1) is 13.8 Å². The van der Waals surface area contributed by atoms with Crippen molar-refractivity contribution in [3.63, 3.8) is 0 Å². The Morgan fingerprint density at radius 3 is 2.70 bits per heavy atom. The summed E-state index contributed by atoms with van der Waals surface area (Å²) in [6, 6.07) is 12.3. The average Bonchev–Trinajstić information content (AvgIpc) is 2.56. The van der Waals surface area contributed by atoms with Crippen LogP contribution in [-0.4, -0.2) is 12.5 Å². The molecule has 3 nitrogen and oxygen atoms in total. The van der Waals surface area contributed by atoms with E-state index < -0.39 is 0 Å². The quantitative estimate of drug-likeness (QED) is 0.898. The van der Waals surface area contributed by atoms with E-state index in [1.165, 1.54) is 11.1 Å². The van der Waals surface area contributed by atoms with Gasteiger partial charge < -0.3 is 10.1 Å². The molecule has 1 unspecified atom stereocenters. The fourth-order valence-electron chi connectivity index (χ4n) is 3.17. The molecule has 0 radical (unpaired) electrons. The zero-order valence-electron chi connectivity index (χ0n) is 14.0. The third kappa shape index (κ3) is 2.96. The number of amides is 1. The normalized spacial score (nSPS) is 16.7. The van der Waals surface area contributed by atoms with E-state index >= 15 is 0 Å². The van der Waals surface area contributed by atoms with Crippen molar-refractivity contribution in [3.05, 3.63) is 58.7 Å². The number of benzene rings is 2. The lowest BCUT2D eigenvalue weighted by Crippen LogP contribution is -2.25. The predicted octanol–water partition coefficient (Wildman–Crippen LogP) is 4.57. The second-order valence-electron chi connectivity index (χ2n) is 6.16. The smallest absolute Gasteiger partial charge is 0.225 e. The molecule has 0 fully saturated rings. The molecule has 3 heteroatoms. The molecule has 3 rings (SSSR count). The maximum Gasteiger partial charge on any atom is 0.225 e. The number of fused-ring (bicyclic) bond motifs is 1. The predicted molar refractivity (Wildman–Crippen MR) is 93.2 cm³/mol. The van der Waals surface area contributed by atoms with Crippen LogP contribution in [0.15, 0.2) is 36.4 Å². The van der Waals surface area contributed by atoms with Gasteiger partial charge in [0.1, 0.15) is 5.75 Å². The van der Waals surface area contributed by atoms with Crippen LogP contribution in [0.4, 0.5) is 5.69 Å². The Hall–Kier alpha value is -2.29. The third-order valence-corrected chi connectivity index (χ3v) is 4.55. The van der Waals surface area contributed by atoms with Gasteiger partial charge in [0.25, 0.3) is 0 Å². The summed E-state index contributed by atoms with van der Waals surface area (Å²) in [5, 5.41) is 3.05. The Kier molecular flexibility index (Phi) is 4.37. The van der Waals surface area contributed by atoms with Gasteiger partial charge in [-0.1, -0.05) is 37.3 Å². The van der Waals surface area contributed by atoms with Crippen LogP contribution < -0.4 is 10.1 Å². The molecule has 0 saturated carbocycles. The summed E-state index contributed by atoms with van der Waals surface area (Å²) in [4.78, 5) is 12.2. The molecule has 0 saturated heterocycles. The number of anilines is 1. The minimum Gasteiger partial charge on any atom is -0.493 e. The number of para-hydroxylation sites is 1. The van der Waals surface area contributed by atoms with Crippen molar-refractivity contribution in [1.29, 1.82) is 0 Å². The molecule has 120 valence electrons. The van der Waals surface area contributed by atoms with Crippen molar-refractivity contribution in [3.8, 4) is 5.75 Å². The fraction of sp³-hybridized carbons (Fsp3) is 0.350. The number of ether oxygens (including phenoxy) is 1. The number of hydrogen-bond donors (Lipinski definition) is 1. The van der Waals surface area contributed by atoms with Crippen LogP contribution in [0.5, 0.6) is 5.75 Å². The molecule has 0 aromatic heterocycles. The maximum absolute atomic E-state index is 12.2. The van der Waals surface area contributed by atoms with E-state index in [1.807, 2.05) is 18.2 Å². The zero-order valence-corrected chi connectivity index (χ0v) is 14.0. The Labute approximate surface area is 137 Å². The van der Waals surface area contributed by atoms with Crippen molar-refractivity contribution in [2.45, 2.75) is 39.5 Å². The van der Waals surface area contributed by atoms with Crippen molar-refractivity contribution >= 4 is 11.6 Å². The number of aryl methyl sites for hydroxylation is 1. The fourth-order valence-corrected chi connectivity index (χ4v) is 3.17. The summed E-state index contributed by atoms with van der Waals surface area (Å²) >= 11 is 0. The minimum absolute atomic E-state index is 0.0473. The number of carbonyl (C=O) groups is 1. The highest BCUT2D eigenvalue weighted by Gasteiger charge is 2.29. The van der Waals surface area contributed by atoms with E-state index in [0.717, 1.165) is 29.0 Å². The number of nitrogens with one attached hydrogen (secondary N) is 1. The van der Waals surface area contributed by atoms with Gasteiger partial charge in [0.15, 0.2) is 0 Å². The molecular weight excluding hydrogens is 286 g/mol. The molecule has 0 bridgehead atoms. The molecule has 1 atom stereocenters. The van der Waals surface area contributed by atoms with Crippen molar-refractivity contribution in [2.75, 3.05) is 11.9 Å². The summed E-state index contributed by atoms with van der Waals surface area (Å²) in [6.07, 6.45) is 1.43. The Balaban J connectivity index is 2.09. The first-order valence-electron chi connectivity index (χ1n) is 8.23. The Bertz CT molecular complexity index is 736. The van der Waals surface area contributed by atoms with Crippen LogP contribution in [-0.2, 0) is 4.79 Å². The summed E-state index contributed by atoms with van der Waals surface area (Å²) in [7, 11) is 0. The lowest BCUT2D eigenvalue weighted by molar-refractivity contribution is -0.116. The monoisotopic (exact) mass is 309 g/mol. The molecule has 1 aliphatic heterocycles. The van der Waals surface area contributed by atoms with Gasteiger partial charge in [-0.3, -0.25) is 4.79 Å². The van der Waals surface area contributed by atoms with Gasteiger partial charge in [0.05, 0.1) is 6.61 Å². The van der Waals surface area contributed by atoms with E-state index in [-0.39, 0.29) is 11.8 Å². The third-order valence-electron chi connectivity index (χ3n) is 4.55. The highest BCUT2D eigenvalue weighted by Crippen LogP contribution is 2.42. The first kappa shape index (κ1) is 15.6. The minimum atomic E-state index is 0.0473. The molecule has 1 heterocycles. The van der Waals surface area contributed by atoms with Gasteiger partial charge in [-0.2, -0.15) is 0 Å². The topological polar surface area (TPSA) is 38.3 Å². The molecule has 1 aliphatic rings. The summed E-state index contributed by atoms with van der Waals surface area (Å²) in [5.41, 5.74) is 5.59. The van der Waals surface area contributed by atoms with Gasteiger partial charge in [-0.05, 0) is 43.0 Å². The summed E-state index contributed by atoms with van der Waals surface area (Å²) in [5.74, 6) is 1.01. The Morgan fingerprint density at radius 1 is 1.13 bits per heavy atom. The van der Waals surface area contributed by atoms with Crippen LogP contribution in [0.1, 0.15) is 47.9 Å². The zero-order chi connectivity index (χ0) is 16.4. The summed E-state index contributed by atoms with van der Waals surface area (Å²) < 4.78 is 5.91. The van der Waals surface area contributed by atoms with Crippen molar-refractivity contribution < 1.29 is 9.53 Å². The molecule has 0 aliphatic carbocycles. The van der Waals surface area contributed by atoms with E-state index in [9.17, 15) is 4.79 Å². The van der Waals surface area contributed by atoms with Gasteiger partial charge in [0, 0.05) is 23.6 Å². The highest BCUT2D eigenvalue weighted by atomic mass is 16.5. The van der Waals surface area contributed by atoms with Gasteiger partial charge in [-0.25, -0.2) is 0 Å². The SMILES string of the molecule is CCCOc1ccccc1C1CC(=O)Nc2c1ccc(C)c2C. The number of rotatable bonds is 4. The standard InChI is InChI=1S/C20H23NO2/c1-4-11-23-18-8-6-5-7-15(18)17-12-19(22)21-20-14(3)13(2)9-10-16(17)20/h5-10,17H,4,11-12H2,1-3H3,(H,21,22). The van der Waals surface area contributed by atoms with Gasteiger partial charge in [0.2, 0.25) is 5.91 Å². The first-order valence-corrected chi connectivity index (χ1v) is 8.23. The van der Waals surface area contributed by atoms with E-state index in [2.05, 4.69) is 44.3 Å². The van der Waals surface area contributed by atoms with Crippen molar-refractivity contribution in [2.24, 2.45) is 0 Å². The van der Waals surface area contributed by atoms with Crippen LogP contribution in [0.25, 0.3) is 0 Å². The lowest BCUT2D eigenvalue weighted by atomic mass is 9.82. The molecule has 1 N–H and O–H groups in total. The molecule has 2 aromatic carbocycles. The summed E-state index contributed by atoms with van der Waals surface area (Å²) in [6.45, 7) is 6.92.